The van der Waals surface area contributed by atoms with E-state index in [1.165, 1.54) is 29.5 Å². The summed E-state index contributed by atoms with van der Waals surface area (Å²) in [7, 11) is 0. The third-order valence-corrected chi connectivity index (χ3v) is 8.48. The molecule has 36 heavy (non-hydrogen) atoms. The van der Waals surface area contributed by atoms with Gasteiger partial charge in [-0.3, -0.25) is 4.90 Å². The Bertz CT molecular complexity index is 1070. The molecule has 2 bridgehead atoms. The Balaban J connectivity index is 1.37. The van der Waals surface area contributed by atoms with E-state index in [0.717, 1.165) is 62.2 Å². The van der Waals surface area contributed by atoms with Gasteiger partial charge in [0.2, 0.25) is 0 Å². The highest BCUT2D eigenvalue weighted by molar-refractivity contribution is 5.74. The number of carbonyl (C=O) groups is 1. The second-order valence-electron chi connectivity index (χ2n) is 11.6. The maximum Gasteiger partial charge on any atom is 0.407 e. The van der Waals surface area contributed by atoms with Crippen LogP contribution in [0.1, 0.15) is 76.1 Å². The van der Waals surface area contributed by atoms with Gasteiger partial charge in [-0.05, 0) is 97.8 Å². The van der Waals surface area contributed by atoms with E-state index < -0.39 is 0 Å². The van der Waals surface area contributed by atoms with Gasteiger partial charge in [-0.25, -0.2) is 4.79 Å². The molecular formula is C31H42N2O3. The van der Waals surface area contributed by atoms with Gasteiger partial charge in [0.1, 0.15) is 11.9 Å². The molecule has 0 saturated carbocycles. The van der Waals surface area contributed by atoms with E-state index in [-0.39, 0.29) is 23.7 Å². The Hall–Kier alpha value is -2.53. The molecule has 0 aromatic heterocycles. The number of hydrogen-bond acceptors (Lipinski definition) is 4. The van der Waals surface area contributed by atoms with E-state index in [0.29, 0.717) is 12.5 Å². The lowest BCUT2D eigenvalue weighted by Gasteiger charge is -2.44. The second-order valence-corrected chi connectivity index (χ2v) is 11.6. The van der Waals surface area contributed by atoms with Gasteiger partial charge >= 0.3 is 6.09 Å². The number of benzene rings is 2. The molecular weight excluding hydrogens is 448 g/mol. The van der Waals surface area contributed by atoms with Gasteiger partial charge in [0.05, 0.1) is 12.6 Å². The lowest BCUT2D eigenvalue weighted by molar-refractivity contribution is -0.0349. The quantitative estimate of drug-likeness (QED) is 0.457. The second kappa shape index (κ2) is 10.5. The van der Waals surface area contributed by atoms with Crippen LogP contribution in [0, 0.1) is 11.3 Å². The molecule has 3 fully saturated rings. The molecule has 194 valence electrons. The summed E-state index contributed by atoms with van der Waals surface area (Å²) in [4.78, 5) is 15.5. The lowest BCUT2D eigenvalue weighted by Crippen LogP contribution is -2.53. The number of carbonyl (C=O) groups excluding carboxylic acids is 1. The number of nitrogens with zero attached hydrogens (tertiary/aromatic N) is 1. The average Bonchev–Trinajstić information content (AvgIpc) is 3.12. The molecule has 5 nitrogen and oxygen atoms in total. The molecule has 3 aliphatic heterocycles. The Kier molecular flexibility index (Phi) is 7.30. The van der Waals surface area contributed by atoms with Crippen molar-refractivity contribution in [1.29, 1.82) is 0 Å². The number of nitrogens with one attached hydrogen (secondary N) is 1. The highest BCUT2D eigenvalue weighted by atomic mass is 16.6. The number of fused-ring (bicyclic) bond motifs is 4. The zero-order valence-electron chi connectivity index (χ0n) is 22.4. The Morgan fingerprint density at radius 3 is 2.50 bits per heavy atom. The Labute approximate surface area is 216 Å². The van der Waals surface area contributed by atoms with Crippen LogP contribution in [0.5, 0.6) is 5.75 Å². The minimum atomic E-state index is -0.288. The minimum Gasteiger partial charge on any atom is -0.493 e. The van der Waals surface area contributed by atoms with Crippen molar-refractivity contribution < 1.29 is 14.3 Å². The third-order valence-electron chi connectivity index (χ3n) is 8.48. The zero-order chi connectivity index (χ0) is 25.3. The first kappa shape index (κ1) is 25.1. The monoisotopic (exact) mass is 490 g/mol. The number of alkyl carbamates (subject to hydrolysis) is 1. The van der Waals surface area contributed by atoms with Gasteiger partial charge in [-0.2, -0.15) is 0 Å². The normalized spacial score (nSPS) is 25.9. The topological polar surface area (TPSA) is 50.8 Å². The summed E-state index contributed by atoms with van der Waals surface area (Å²) >= 11 is 0. The van der Waals surface area contributed by atoms with Crippen molar-refractivity contribution in [2.75, 3.05) is 26.2 Å². The van der Waals surface area contributed by atoms with Crippen molar-refractivity contribution in [1.82, 2.24) is 10.2 Å². The summed E-state index contributed by atoms with van der Waals surface area (Å²) in [5.74, 6) is 1.39. The first-order valence-electron chi connectivity index (χ1n) is 14.0. The molecule has 5 heteroatoms. The summed E-state index contributed by atoms with van der Waals surface area (Å²) in [6, 6.07) is 13.3. The first-order chi connectivity index (χ1) is 17.4. The fourth-order valence-corrected chi connectivity index (χ4v) is 6.42. The van der Waals surface area contributed by atoms with Crippen LogP contribution in [-0.4, -0.2) is 43.3 Å². The minimum absolute atomic E-state index is 0.0122. The van der Waals surface area contributed by atoms with Crippen LogP contribution in [-0.2, 0) is 17.6 Å². The summed E-state index contributed by atoms with van der Waals surface area (Å²) in [5.41, 5.74) is 6.01. The predicted molar refractivity (Wildman–Crippen MR) is 144 cm³/mol. The number of rotatable bonds is 8. The Morgan fingerprint density at radius 2 is 1.86 bits per heavy atom. The number of aryl methyl sites for hydroxylation is 1. The molecule has 2 aromatic rings. The average molecular weight is 491 g/mol. The summed E-state index contributed by atoms with van der Waals surface area (Å²) in [5, 5.41) is 3.25. The molecule has 0 spiro atoms. The number of unbranched alkanes of at least 4 members (excludes halogenated alkanes) is 1. The summed E-state index contributed by atoms with van der Waals surface area (Å²) in [6.45, 7) is 12.5. The van der Waals surface area contributed by atoms with Gasteiger partial charge < -0.3 is 14.8 Å². The molecule has 1 aliphatic carbocycles. The van der Waals surface area contributed by atoms with Crippen molar-refractivity contribution in [2.45, 2.75) is 78.4 Å². The summed E-state index contributed by atoms with van der Waals surface area (Å²) < 4.78 is 12.1. The number of ether oxygens (including phenoxy) is 2. The van der Waals surface area contributed by atoms with Gasteiger partial charge in [-0.15, -0.1) is 0 Å². The molecule has 2 aromatic carbocycles. The van der Waals surface area contributed by atoms with Gasteiger partial charge in [0.25, 0.3) is 0 Å². The van der Waals surface area contributed by atoms with Crippen LogP contribution >= 0.6 is 0 Å². The molecule has 0 unspecified atom stereocenters. The standard InChI is InChI=1S/C31H42N2O3/c1-5-7-8-21-9-11-22(12-10-21)25-17-24-19-31(3,4)29(26(24)18-27(25)35-6-2)32-30(34)36-28-20-33-15-13-23(28)14-16-33/h9-12,17-18,23,28-29H,5-8,13-16,19-20H2,1-4H3,(H,32,34)/t28-,29-/m0/s1. The molecule has 4 aliphatic rings. The summed E-state index contributed by atoms with van der Waals surface area (Å²) in [6.07, 6.45) is 6.44. The van der Waals surface area contributed by atoms with Crippen molar-refractivity contribution in [3.8, 4) is 16.9 Å². The molecule has 3 heterocycles. The van der Waals surface area contributed by atoms with Crippen LogP contribution in [0.4, 0.5) is 4.79 Å². The zero-order valence-corrected chi connectivity index (χ0v) is 22.4. The van der Waals surface area contributed by atoms with Crippen molar-refractivity contribution in [2.24, 2.45) is 11.3 Å². The van der Waals surface area contributed by atoms with Gasteiger partial charge in [-0.1, -0.05) is 51.5 Å². The van der Waals surface area contributed by atoms with Crippen LogP contribution in [0.2, 0.25) is 0 Å². The van der Waals surface area contributed by atoms with E-state index in [2.05, 4.69) is 67.4 Å². The Morgan fingerprint density at radius 1 is 1.11 bits per heavy atom. The number of piperidine rings is 3. The fraction of sp³-hybridized carbons (Fsp3) is 0.581. The maximum absolute atomic E-state index is 13.1. The predicted octanol–water partition coefficient (Wildman–Crippen LogP) is 6.54. The lowest BCUT2D eigenvalue weighted by atomic mass is 9.85. The number of hydrogen-bond donors (Lipinski definition) is 1. The third kappa shape index (κ3) is 5.13. The van der Waals surface area contributed by atoms with E-state index >= 15 is 0 Å². The molecule has 0 radical (unpaired) electrons. The van der Waals surface area contributed by atoms with Crippen molar-refractivity contribution in [3.05, 3.63) is 53.1 Å². The number of amides is 1. The van der Waals surface area contributed by atoms with E-state index in [1.807, 2.05) is 6.92 Å². The van der Waals surface area contributed by atoms with Gasteiger partial charge in [0, 0.05) is 12.1 Å². The van der Waals surface area contributed by atoms with Crippen LogP contribution in [0.3, 0.4) is 0 Å². The molecule has 1 amide bonds. The van der Waals surface area contributed by atoms with Crippen molar-refractivity contribution >= 4 is 6.09 Å². The van der Waals surface area contributed by atoms with E-state index in [9.17, 15) is 4.79 Å². The smallest absolute Gasteiger partial charge is 0.407 e. The molecule has 1 N–H and O–H groups in total. The van der Waals surface area contributed by atoms with E-state index in [4.69, 9.17) is 9.47 Å². The molecule has 6 rings (SSSR count). The maximum atomic E-state index is 13.1. The molecule has 2 atom stereocenters. The highest BCUT2D eigenvalue weighted by Crippen LogP contribution is 2.48. The highest BCUT2D eigenvalue weighted by Gasteiger charge is 2.42. The molecule has 3 saturated heterocycles. The largest absolute Gasteiger partial charge is 0.493 e. The van der Waals surface area contributed by atoms with E-state index in [1.54, 1.807) is 0 Å². The van der Waals surface area contributed by atoms with Crippen LogP contribution < -0.4 is 10.1 Å². The van der Waals surface area contributed by atoms with Crippen molar-refractivity contribution in [3.63, 3.8) is 0 Å². The van der Waals surface area contributed by atoms with Gasteiger partial charge in [0.15, 0.2) is 0 Å². The fourth-order valence-electron chi connectivity index (χ4n) is 6.42. The first-order valence-corrected chi connectivity index (χ1v) is 14.0. The SMILES string of the molecule is CCCCc1ccc(-c2cc3c(cc2OCC)[C@H](NC(=O)O[C@H]2CN4CCC2CC4)C(C)(C)C3)cc1. The van der Waals surface area contributed by atoms with Crippen LogP contribution in [0.25, 0.3) is 11.1 Å². The van der Waals surface area contributed by atoms with Crippen LogP contribution in [0.15, 0.2) is 36.4 Å².